The molecule has 6 nitrogen and oxygen atoms in total. The third-order valence-corrected chi connectivity index (χ3v) is 4.68. The lowest BCUT2D eigenvalue weighted by Crippen LogP contribution is -2.12. The van der Waals surface area contributed by atoms with Crippen LogP contribution in [0.5, 0.6) is 0 Å². The summed E-state index contributed by atoms with van der Waals surface area (Å²) >= 11 is 0. The lowest BCUT2D eigenvalue weighted by atomic mass is 9.93. The van der Waals surface area contributed by atoms with Crippen LogP contribution in [0.15, 0.2) is 67.1 Å². The Morgan fingerprint density at radius 1 is 1.00 bits per heavy atom. The van der Waals surface area contributed by atoms with E-state index in [0.29, 0.717) is 5.82 Å². The van der Waals surface area contributed by atoms with Gasteiger partial charge in [0, 0.05) is 17.1 Å². The summed E-state index contributed by atoms with van der Waals surface area (Å²) in [5, 5.41) is 13.8. The zero-order chi connectivity index (χ0) is 19.5. The second kappa shape index (κ2) is 7.33. The van der Waals surface area contributed by atoms with Crippen LogP contribution in [0.3, 0.4) is 0 Å². The third-order valence-electron chi connectivity index (χ3n) is 4.68. The Morgan fingerprint density at radius 2 is 1.75 bits per heavy atom. The van der Waals surface area contributed by atoms with Gasteiger partial charge in [0.1, 0.15) is 29.6 Å². The first-order valence-corrected chi connectivity index (χ1v) is 8.89. The van der Waals surface area contributed by atoms with Gasteiger partial charge in [0.2, 0.25) is 0 Å². The molecular weight excluding hydrogens is 348 g/mol. The third kappa shape index (κ3) is 3.10. The molecule has 1 atom stereocenters. The Balaban J connectivity index is 1.85. The summed E-state index contributed by atoms with van der Waals surface area (Å²) in [6.07, 6.45) is 3.22. The smallest absolute Gasteiger partial charge is 0.150 e. The number of para-hydroxylation sites is 1. The van der Waals surface area contributed by atoms with Crippen LogP contribution < -0.4 is 11.1 Å². The minimum absolute atomic E-state index is 0.159. The summed E-state index contributed by atoms with van der Waals surface area (Å²) in [5.41, 5.74) is 10.2. The number of nitrogens with two attached hydrogens (primary N) is 1. The van der Waals surface area contributed by atoms with Crippen LogP contribution in [-0.4, -0.2) is 15.0 Å². The fraction of sp³-hybridized carbons (Fsp3) is 0.0909. The van der Waals surface area contributed by atoms with Crippen molar-refractivity contribution >= 4 is 22.5 Å². The van der Waals surface area contributed by atoms with Crippen LogP contribution in [0.4, 0.5) is 11.6 Å². The summed E-state index contributed by atoms with van der Waals surface area (Å²) in [7, 11) is 0. The molecule has 0 bridgehead atoms. The van der Waals surface area contributed by atoms with Crippen molar-refractivity contribution in [2.24, 2.45) is 0 Å². The van der Waals surface area contributed by atoms with Gasteiger partial charge in [0.05, 0.1) is 11.6 Å². The first kappa shape index (κ1) is 17.4. The molecule has 0 unspecified atom stereocenters. The standard InChI is InChI=1S/C22H18N6/c1-14(28-22-17(11-23)21(24)26-13-27-22)18-12-25-19-10-6-5-9-16(19)20(18)15-7-3-2-4-8-15/h2-10,12-14H,1H3,(H3,24,26,27,28)/t14-/m1/s1. The number of pyridine rings is 1. The number of hydrogen-bond acceptors (Lipinski definition) is 6. The Hall–Kier alpha value is -3.98. The molecule has 28 heavy (non-hydrogen) atoms. The van der Waals surface area contributed by atoms with Crippen molar-refractivity contribution in [2.45, 2.75) is 13.0 Å². The number of nitrogen functional groups attached to an aromatic ring is 1. The van der Waals surface area contributed by atoms with E-state index in [1.165, 1.54) is 6.33 Å². The number of nitriles is 1. The van der Waals surface area contributed by atoms with Crippen LogP contribution >= 0.6 is 0 Å². The summed E-state index contributed by atoms with van der Waals surface area (Å²) in [5.74, 6) is 0.571. The average molecular weight is 366 g/mol. The minimum atomic E-state index is -0.159. The molecule has 0 radical (unpaired) electrons. The van der Waals surface area contributed by atoms with Crippen molar-refractivity contribution in [3.05, 3.63) is 78.2 Å². The molecule has 2 aromatic carbocycles. The van der Waals surface area contributed by atoms with E-state index >= 15 is 0 Å². The number of rotatable bonds is 4. The SMILES string of the molecule is C[C@@H](Nc1ncnc(N)c1C#N)c1cnc2ccccc2c1-c1ccccc1. The van der Waals surface area contributed by atoms with Crippen molar-refractivity contribution in [3.63, 3.8) is 0 Å². The lowest BCUT2D eigenvalue weighted by Gasteiger charge is -2.20. The molecule has 2 aromatic heterocycles. The molecule has 0 fully saturated rings. The number of benzene rings is 2. The molecule has 136 valence electrons. The monoisotopic (exact) mass is 366 g/mol. The molecule has 0 aliphatic rings. The largest absolute Gasteiger partial charge is 0.382 e. The van der Waals surface area contributed by atoms with E-state index in [4.69, 9.17) is 5.73 Å². The lowest BCUT2D eigenvalue weighted by molar-refractivity contribution is 0.868. The molecule has 2 heterocycles. The van der Waals surface area contributed by atoms with Crippen LogP contribution in [0.1, 0.15) is 24.1 Å². The molecule has 0 amide bonds. The summed E-state index contributed by atoms with van der Waals surface area (Å²) in [4.78, 5) is 12.7. The predicted octanol–water partition coefficient (Wildman–Crippen LogP) is 4.32. The fourth-order valence-corrected chi connectivity index (χ4v) is 3.31. The highest BCUT2D eigenvalue weighted by atomic mass is 15.1. The number of aromatic nitrogens is 3. The second-order valence-electron chi connectivity index (χ2n) is 6.43. The van der Waals surface area contributed by atoms with Crippen molar-refractivity contribution < 1.29 is 0 Å². The van der Waals surface area contributed by atoms with Crippen LogP contribution in [0.2, 0.25) is 0 Å². The molecule has 0 spiro atoms. The highest BCUT2D eigenvalue weighted by Gasteiger charge is 2.18. The van der Waals surface area contributed by atoms with Crippen molar-refractivity contribution in [1.29, 1.82) is 5.26 Å². The molecule has 4 rings (SSSR count). The van der Waals surface area contributed by atoms with Gasteiger partial charge in [0.15, 0.2) is 0 Å². The molecule has 0 aliphatic carbocycles. The van der Waals surface area contributed by atoms with Crippen LogP contribution in [-0.2, 0) is 0 Å². The van der Waals surface area contributed by atoms with Crippen LogP contribution in [0, 0.1) is 11.3 Å². The van der Waals surface area contributed by atoms with Gasteiger partial charge in [-0.05, 0) is 24.1 Å². The van der Waals surface area contributed by atoms with E-state index in [0.717, 1.165) is 27.6 Å². The van der Waals surface area contributed by atoms with Gasteiger partial charge in [-0.1, -0.05) is 48.5 Å². The van der Waals surface area contributed by atoms with Gasteiger partial charge < -0.3 is 11.1 Å². The topological polar surface area (TPSA) is 101 Å². The summed E-state index contributed by atoms with van der Waals surface area (Å²) in [6.45, 7) is 2.01. The number of nitrogens with zero attached hydrogens (tertiary/aromatic N) is 4. The molecule has 4 aromatic rings. The van der Waals surface area contributed by atoms with E-state index in [9.17, 15) is 5.26 Å². The number of fused-ring (bicyclic) bond motifs is 1. The maximum absolute atomic E-state index is 9.39. The van der Waals surface area contributed by atoms with Gasteiger partial charge in [-0.2, -0.15) is 5.26 Å². The summed E-state index contributed by atoms with van der Waals surface area (Å²) < 4.78 is 0. The van der Waals surface area contributed by atoms with E-state index in [2.05, 4.69) is 44.5 Å². The Labute approximate surface area is 162 Å². The first-order chi connectivity index (χ1) is 13.7. The average Bonchev–Trinajstić information content (AvgIpc) is 2.73. The van der Waals surface area contributed by atoms with Crippen molar-refractivity contribution in [2.75, 3.05) is 11.1 Å². The zero-order valence-corrected chi connectivity index (χ0v) is 15.3. The number of nitrogens with one attached hydrogen (secondary N) is 1. The van der Waals surface area contributed by atoms with Crippen LogP contribution in [0.25, 0.3) is 22.0 Å². The van der Waals surface area contributed by atoms with E-state index < -0.39 is 0 Å². The predicted molar refractivity (Wildman–Crippen MR) is 110 cm³/mol. The molecule has 0 saturated carbocycles. The normalized spacial score (nSPS) is 11.7. The van der Waals surface area contributed by atoms with Gasteiger partial charge in [-0.15, -0.1) is 0 Å². The molecule has 6 heteroatoms. The quantitative estimate of drug-likeness (QED) is 0.558. The highest BCUT2D eigenvalue weighted by Crippen LogP contribution is 2.35. The maximum Gasteiger partial charge on any atom is 0.150 e. The fourth-order valence-electron chi connectivity index (χ4n) is 3.31. The molecule has 0 aliphatic heterocycles. The Kier molecular flexibility index (Phi) is 4.56. The van der Waals surface area contributed by atoms with Gasteiger partial charge in [-0.3, -0.25) is 4.98 Å². The minimum Gasteiger partial charge on any atom is -0.382 e. The number of hydrogen-bond donors (Lipinski definition) is 2. The maximum atomic E-state index is 9.39. The van der Waals surface area contributed by atoms with Gasteiger partial charge in [-0.25, -0.2) is 9.97 Å². The van der Waals surface area contributed by atoms with Gasteiger partial charge >= 0.3 is 0 Å². The molecular formula is C22H18N6. The van der Waals surface area contributed by atoms with E-state index in [-0.39, 0.29) is 17.4 Å². The van der Waals surface area contributed by atoms with Crippen molar-refractivity contribution in [1.82, 2.24) is 15.0 Å². The van der Waals surface area contributed by atoms with Crippen molar-refractivity contribution in [3.8, 4) is 17.2 Å². The number of anilines is 2. The van der Waals surface area contributed by atoms with E-state index in [1.807, 2.05) is 49.5 Å². The highest BCUT2D eigenvalue weighted by molar-refractivity contribution is 5.96. The van der Waals surface area contributed by atoms with E-state index in [1.54, 1.807) is 0 Å². The zero-order valence-electron chi connectivity index (χ0n) is 15.3. The molecule has 0 saturated heterocycles. The first-order valence-electron chi connectivity index (χ1n) is 8.89. The van der Waals surface area contributed by atoms with Gasteiger partial charge in [0.25, 0.3) is 0 Å². The Morgan fingerprint density at radius 3 is 2.54 bits per heavy atom. The molecule has 3 N–H and O–H groups in total. The second-order valence-corrected chi connectivity index (χ2v) is 6.43. The Bertz CT molecular complexity index is 1180. The summed E-state index contributed by atoms with van der Waals surface area (Å²) in [6, 6.07) is 20.2.